The van der Waals surface area contributed by atoms with Crippen LogP contribution in [-0.2, 0) is 17.6 Å². The predicted molar refractivity (Wildman–Crippen MR) is 79.4 cm³/mol. The highest BCUT2D eigenvalue weighted by Crippen LogP contribution is 2.47. The van der Waals surface area contributed by atoms with E-state index in [0.29, 0.717) is 23.3 Å². The Balaban J connectivity index is 2.33. The van der Waals surface area contributed by atoms with Crippen LogP contribution in [0.1, 0.15) is 35.8 Å². The molecule has 1 unspecified atom stereocenters. The molecule has 1 aliphatic carbocycles. The Kier molecular flexibility index (Phi) is 5.29. The fourth-order valence-corrected chi connectivity index (χ4v) is 4.02. The lowest BCUT2D eigenvalue weighted by Gasteiger charge is -2.26. The number of nitrogens with one attached hydrogen (secondary N) is 1. The van der Waals surface area contributed by atoms with Gasteiger partial charge in [0.1, 0.15) is 11.1 Å². The minimum atomic E-state index is -6.60. The molecule has 0 radical (unpaired) electrons. The molecule has 0 spiro atoms. The average molecular weight is 402 g/mol. The maximum Gasteiger partial charge on any atom is 0.460 e. The molecule has 2 rings (SSSR count). The van der Waals surface area contributed by atoms with Gasteiger partial charge in [-0.25, -0.2) is 0 Å². The molecule has 0 aliphatic heterocycles. The van der Waals surface area contributed by atoms with Crippen molar-refractivity contribution in [2.24, 2.45) is 5.92 Å². The Morgan fingerprint density at radius 2 is 1.88 bits per heavy atom. The molecule has 0 aromatic carbocycles. The quantitative estimate of drug-likeness (QED) is 0.728. The SMILES string of the molecule is CCC1CCc2c(sc(NC(=O)C(F)(F)C(F)(F)C(F)(F)F)c2C#N)C1. The van der Waals surface area contributed by atoms with Crippen LogP contribution in [0, 0.1) is 17.2 Å². The van der Waals surface area contributed by atoms with Crippen LogP contribution in [-0.4, -0.2) is 23.9 Å². The molecule has 1 aliphatic rings. The number of carbonyl (C=O) groups excluding carboxylic acids is 1. The third kappa shape index (κ3) is 3.26. The minimum absolute atomic E-state index is 0.168. The van der Waals surface area contributed by atoms with Gasteiger partial charge in [0.25, 0.3) is 0 Å². The molecule has 1 N–H and O–H groups in total. The van der Waals surface area contributed by atoms with Crippen molar-refractivity contribution >= 4 is 22.2 Å². The number of carbonyl (C=O) groups is 1. The van der Waals surface area contributed by atoms with Crippen molar-refractivity contribution in [2.75, 3.05) is 5.32 Å². The standard InChI is InChI=1S/C15H13F7N2OS/c1-2-7-3-4-8-9(6-23)11(26-10(8)5-7)24-12(25)13(16,17)14(18,19)15(20,21)22/h7H,2-5H2,1H3,(H,24,25). The van der Waals surface area contributed by atoms with E-state index in [1.807, 2.05) is 6.92 Å². The van der Waals surface area contributed by atoms with Gasteiger partial charge < -0.3 is 5.32 Å². The van der Waals surface area contributed by atoms with Crippen molar-refractivity contribution in [1.82, 2.24) is 0 Å². The first-order valence-corrected chi connectivity index (χ1v) is 8.36. The van der Waals surface area contributed by atoms with Crippen molar-refractivity contribution in [3.8, 4) is 6.07 Å². The van der Waals surface area contributed by atoms with E-state index in [1.165, 1.54) is 5.32 Å². The Morgan fingerprint density at radius 3 is 2.38 bits per heavy atom. The van der Waals surface area contributed by atoms with Gasteiger partial charge in [-0.15, -0.1) is 11.3 Å². The average Bonchev–Trinajstić information content (AvgIpc) is 2.89. The Morgan fingerprint density at radius 1 is 1.27 bits per heavy atom. The first kappa shape index (κ1) is 20.5. The maximum atomic E-state index is 13.5. The fraction of sp³-hybridized carbons (Fsp3) is 0.600. The highest BCUT2D eigenvalue weighted by Gasteiger charge is 2.76. The number of nitriles is 1. The van der Waals surface area contributed by atoms with E-state index in [1.54, 1.807) is 6.07 Å². The summed E-state index contributed by atoms with van der Waals surface area (Å²) in [6.07, 6.45) is -4.08. The largest absolute Gasteiger partial charge is 0.460 e. The summed E-state index contributed by atoms with van der Waals surface area (Å²) in [5.74, 6) is -15.1. The summed E-state index contributed by atoms with van der Waals surface area (Å²) in [6.45, 7) is 1.94. The van der Waals surface area contributed by atoms with Crippen molar-refractivity contribution in [1.29, 1.82) is 5.26 Å². The summed E-state index contributed by atoms with van der Waals surface area (Å²) in [7, 11) is 0. The molecule has 1 amide bonds. The first-order chi connectivity index (χ1) is 11.9. The van der Waals surface area contributed by atoms with Gasteiger partial charge >= 0.3 is 23.9 Å². The molecule has 0 saturated heterocycles. The summed E-state index contributed by atoms with van der Waals surface area (Å²) < 4.78 is 89.4. The van der Waals surface area contributed by atoms with Gasteiger partial charge in [-0.05, 0) is 30.7 Å². The second-order valence-corrected chi connectivity index (χ2v) is 7.04. The number of anilines is 1. The van der Waals surface area contributed by atoms with Gasteiger partial charge in [0.15, 0.2) is 0 Å². The molecule has 0 saturated carbocycles. The van der Waals surface area contributed by atoms with Crippen molar-refractivity contribution in [2.45, 2.75) is 50.6 Å². The number of rotatable bonds is 4. The van der Waals surface area contributed by atoms with Crippen LogP contribution in [0.15, 0.2) is 0 Å². The molecule has 0 fully saturated rings. The maximum absolute atomic E-state index is 13.5. The van der Waals surface area contributed by atoms with Crippen molar-refractivity contribution in [3.05, 3.63) is 16.0 Å². The van der Waals surface area contributed by atoms with E-state index in [4.69, 9.17) is 0 Å². The van der Waals surface area contributed by atoms with E-state index in [9.17, 15) is 40.8 Å². The van der Waals surface area contributed by atoms with Gasteiger partial charge in [-0.2, -0.15) is 36.0 Å². The number of nitrogens with zero attached hydrogens (tertiary/aromatic N) is 1. The molecule has 144 valence electrons. The number of hydrogen-bond donors (Lipinski definition) is 1. The summed E-state index contributed by atoms with van der Waals surface area (Å²) in [5, 5.41) is 10.1. The van der Waals surface area contributed by atoms with Crippen LogP contribution in [0.3, 0.4) is 0 Å². The second kappa shape index (κ2) is 6.72. The van der Waals surface area contributed by atoms with E-state index < -0.39 is 28.9 Å². The van der Waals surface area contributed by atoms with Crippen LogP contribution in [0.2, 0.25) is 0 Å². The number of alkyl halides is 7. The van der Waals surface area contributed by atoms with Crippen LogP contribution in [0.25, 0.3) is 0 Å². The van der Waals surface area contributed by atoms with Gasteiger partial charge in [0.2, 0.25) is 0 Å². The monoisotopic (exact) mass is 402 g/mol. The predicted octanol–water partition coefficient (Wildman–Crippen LogP) is 4.91. The lowest BCUT2D eigenvalue weighted by molar-refractivity contribution is -0.343. The molecule has 0 bridgehead atoms. The number of hydrogen-bond acceptors (Lipinski definition) is 3. The normalized spacial score (nSPS) is 18.2. The lowest BCUT2D eigenvalue weighted by Crippen LogP contribution is -2.57. The van der Waals surface area contributed by atoms with Crippen LogP contribution in [0.4, 0.5) is 35.7 Å². The third-order valence-corrected chi connectivity index (χ3v) is 5.49. The first-order valence-electron chi connectivity index (χ1n) is 7.55. The van der Waals surface area contributed by atoms with Crippen LogP contribution < -0.4 is 5.32 Å². The van der Waals surface area contributed by atoms with E-state index in [2.05, 4.69) is 0 Å². The number of halogens is 7. The Bertz CT molecular complexity index is 748. The highest BCUT2D eigenvalue weighted by molar-refractivity contribution is 7.16. The van der Waals surface area contributed by atoms with Gasteiger partial charge in [-0.1, -0.05) is 13.3 Å². The number of fused-ring (bicyclic) bond motifs is 1. The van der Waals surface area contributed by atoms with Gasteiger partial charge in [-0.3, -0.25) is 4.79 Å². The number of thiophene rings is 1. The summed E-state index contributed by atoms with van der Waals surface area (Å²) in [4.78, 5) is 12.1. The molecule has 1 atom stereocenters. The van der Waals surface area contributed by atoms with Crippen LogP contribution in [0.5, 0.6) is 0 Å². The van der Waals surface area contributed by atoms with E-state index in [0.717, 1.165) is 24.2 Å². The summed E-state index contributed by atoms with van der Waals surface area (Å²) >= 11 is 0.754. The zero-order valence-electron chi connectivity index (χ0n) is 13.3. The van der Waals surface area contributed by atoms with Gasteiger partial charge in [0.05, 0.1) is 5.56 Å². The van der Waals surface area contributed by atoms with Crippen molar-refractivity contribution in [3.63, 3.8) is 0 Å². The number of amides is 1. The molecule has 1 aromatic heterocycles. The minimum Gasteiger partial charge on any atom is -0.311 e. The fourth-order valence-electron chi connectivity index (χ4n) is 2.71. The molecule has 11 heteroatoms. The molecular weight excluding hydrogens is 389 g/mol. The van der Waals surface area contributed by atoms with E-state index >= 15 is 0 Å². The smallest absolute Gasteiger partial charge is 0.311 e. The summed E-state index contributed by atoms with van der Waals surface area (Å²) in [6, 6.07) is 1.70. The molecule has 26 heavy (non-hydrogen) atoms. The zero-order chi connectivity index (χ0) is 19.9. The summed E-state index contributed by atoms with van der Waals surface area (Å²) in [5.41, 5.74) is 0.349. The molecular formula is C15H13F7N2OS. The molecule has 1 heterocycles. The lowest BCUT2D eigenvalue weighted by atomic mass is 9.86. The van der Waals surface area contributed by atoms with Gasteiger partial charge in [0, 0.05) is 4.88 Å². The molecule has 1 aromatic rings. The Hall–Kier alpha value is -1.83. The van der Waals surface area contributed by atoms with Crippen LogP contribution >= 0.6 is 11.3 Å². The van der Waals surface area contributed by atoms with E-state index in [-0.39, 0.29) is 11.5 Å². The molecule has 3 nitrogen and oxygen atoms in total. The third-order valence-electron chi connectivity index (χ3n) is 4.32. The Labute approximate surface area is 147 Å². The topological polar surface area (TPSA) is 52.9 Å². The second-order valence-electron chi connectivity index (χ2n) is 5.94. The van der Waals surface area contributed by atoms with Crippen molar-refractivity contribution < 1.29 is 35.5 Å². The highest BCUT2D eigenvalue weighted by atomic mass is 32.1. The zero-order valence-corrected chi connectivity index (χ0v) is 14.1.